The van der Waals surface area contributed by atoms with Crippen molar-refractivity contribution >= 4 is 13.8 Å². The Labute approximate surface area is 86.5 Å². The molecular weight excluding hydrogens is 175 g/mol. The van der Waals surface area contributed by atoms with E-state index in [0.29, 0.717) is 6.04 Å². The van der Waals surface area contributed by atoms with Gasteiger partial charge in [-0.15, -0.1) is 0 Å². The van der Waals surface area contributed by atoms with E-state index in [-0.39, 0.29) is 12.3 Å². The highest BCUT2D eigenvalue weighted by atomic mass is 16.2. The fraction of sp³-hybridized carbons (Fsp3) is 0.800. The molecule has 1 fully saturated rings. The van der Waals surface area contributed by atoms with Gasteiger partial charge in [0.2, 0.25) is 5.91 Å². The molecule has 4 heteroatoms. The van der Waals surface area contributed by atoms with Gasteiger partial charge < -0.3 is 4.90 Å². The van der Waals surface area contributed by atoms with Crippen molar-refractivity contribution in [3.05, 3.63) is 0 Å². The molecule has 0 heterocycles. The van der Waals surface area contributed by atoms with E-state index in [1.165, 1.54) is 12.8 Å². The van der Waals surface area contributed by atoms with Crippen molar-refractivity contribution in [2.24, 2.45) is 0 Å². The van der Waals surface area contributed by atoms with E-state index < -0.39 is 0 Å². The number of nitrogens with zero attached hydrogens (tertiary/aromatic N) is 2. The maximum Gasteiger partial charge on any atom is 0.236 e. The molecule has 0 unspecified atom stereocenters. The van der Waals surface area contributed by atoms with Gasteiger partial charge in [0.25, 0.3) is 0 Å². The number of nitriles is 1. The topological polar surface area (TPSA) is 44.1 Å². The Kier molecular flexibility index (Phi) is 4.00. The largest absolute Gasteiger partial charge is 0.342 e. The van der Waals surface area contributed by atoms with E-state index >= 15 is 0 Å². The van der Waals surface area contributed by atoms with E-state index in [2.05, 4.69) is 7.85 Å². The predicted molar refractivity (Wildman–Crippen MR) is 57.6 cm³/mol. The lowest BCUT2D eigenvalue weighted by Crippen LogP contribution is -2.38. The quantitative estimate of drug-likeness (QED) is 0.605. The van der Waals surface area contributed by atoms with Gasteiger partial charge in [0.05, 0.1) is 6.07 Å². The van der Waals surface area contributed by atoms with Crippen LogP contribution in [0, 0.1) is 11.3 Å². The van der Waals surface area contributed by atoms with Gasteiger partial charge in [0.1, 0.15) is 14.3 Å². The highest BCUT2D eigenvalue weighted by molar-refractivity contribution is 6.11. The van der Waals surface area contributed by atoms with Gasteiger partial charge in [0, 0.05) is 13.1 Å². The van der Waals surface area contributed by atoms with Crippen LogP contribution in [0.2, 0.25) is 5.82 Å². The molecule has 1 saturated carbocycles. The summed E-state index contributed by atoms with van der Waals surface area (Å²) in [5.41, 5.74) is 0. The zero-order valence-corrected chi connectivity index (χ0v) is 8.99. The number of carbonyl (C=O) groups excluding carboxylic acids is 1. The summed E-state index contributed by atoms with van der Waals surface area (Å²) in [5, 5.41) is 8.43. The first-order valence-electron chi connectivity index (χ1n) is 5.27. The van der Waals surface area contributed by atoms with Crippen molar-refractivity contribution in [1.82, 2.24) is 4.90 Å². The zero-order valence-electron chi connectivity index (χ0n) is 8.99. The summed E-state index contributed by atoms with van der Waals surface area (Å²) < 4.78 is 0. The third kappa shape index (κ3) is 2.76. The van der Waals surface area contributed by atoms with Crippen LogP contribution in [0.3, 0.4) is 0 Å². The van der Waals surface area contributed by atoms with Crippen LogP contribution < -0.4 is 0 Å². The maximum atomic E-state index is 11.4. The van der Waals surface area contributed by atoms with Crippen molar-refractivity contribution in [2.75, 3.05) is 7.05 Å². The summed E-state index contributed by atoms with van der Waals surface area (Å²) in [6, 6.07) is 2.27. The summed E-state index contributed by atoms with van der Waals surface area (Å²) in [6.07, 6.45) is 4.61. The molecule has 0 aliphatic heterocycles. The molecule has 0 spiro atoms. The Morgan fingerprint density at radius 3 is 2.57 bits per heavy atom. The van der Waals surface area contributed by atoms with Crippen LogP contribution >= 0.6 is 0 Å². The summed E-state index contributed by atoms with van der Waals surface area (Å²) in [6.45, 7) is 0. The van der Waals surface area contributed by atoms with Crippen molar-refractivity contribution in [1.29, 1.82) is 5.26 Å². The molecule has 0 aromatic rings. The second kappa shape index (κ2) is 5.04. The van der Waals surface area contributed by atoms with Crippen molar-refractivity contribution in [3.63, 3.8) is 0 Å². The van der Waals surface area contributed by atoms with Gasteiger partial charge in [-0.2, -0.15) is 5.26 Å². The first-order chi connectivity index (χ1) is 6.65. The number of amides is 1. The first kappa shape index (κ1) is 11.1. The third-order valence-corrected chi connectivity index (χ3v) is 3.16. The van der Waals surface area contributed by atoms with Crippen molar-refractivity contribution in [3.8, 4) is 6.07 Å². The van der Waals surface area contributed by atoms with Gasteiger partial charge in [-0.3, -0.25) is 4.79 Å². The smallest absolute Gasteiger partial charge is 0.236 e. The Morgan fingerprint density at radius 2 is 2.07 bits per heavy atom. The first-order valence-corrected chi connectivity index (χ1v) is 5.27. The minimum atomic E-state index is -0.0351. The van der Waals surface area contributed by atoms with E-state index in [0.717, 1.165) is 18.7 Å². The predicted octanol–water partition coefficient (Wildman–Crippen LogP) is 0.723. The molecule has 14 heavy (non-hydrogen) atoms. The second-order valence-electron chi connectivity index (χ2n) is 4.25. The highest BCUT2D eigenvalue weighted by Gasteiger charge is 2.24. The molecule has 0 radical (unpaired) electrons. The van der Waals surface area contributed by atoms with Crippen molar-refractivity contribution < 1.29 is 4.79 Å². The molecule has 0 N–H and O–H groups in total. The number of hydrogen-bond acceptors (Lipinski definition) is 2. The molecule has 1 rings (SSSR count). The Morgan fingerprint density at radius 1 is 1.50 bits per heavy atom. The molecular formula is C10H17BN2O. The lowest BCUT2D eigenvalue weighted by molar-refractivity contribution is -0.131. The maximum absolute atomic E-state index is 11.4. The molecule has 0 atom stereocenters. The van der Waals surface area contributed by atoms with Crippen LogP contribution in [0.25, 0.3) is 0 Å². The van der Waals surface area contributed by atoms with Gasteiger partial charge in [0.15, 0.2) is 0 Å². The fourth-order valence-electron chi connectivity index (χ4n) is 2.03. The number of hydrogen-bond donors (Lipinski definition) is 0. The summed E-state index contributed by atoms with van der Waals surface area (Å²) >= 11 is 0. The van der Waals surface area contributed by atoms with E-state index in [1.807, 2.05) is 13.1 Å². The molecule has 0 aromatic carbocycles. The van der Waals surface area contributed by atoms with Crippen LogP contribution in [0.15, 0.2) is 0 Å². The van der Waals surface area contributed by atoms with Gasteiger partial charge >= 0.3 is 0 Å². The summed E-state index contributed by atoms with van der Waals surface area (Å²) in [7, 11) is 4.08. The SMILES string of the molecule is BC1CCC(N(C)C(=O)CC#N)CC1. The van der Waals surface area contributed by atoms with Crippen LogP contribution in [0.4, 0.5) is 0 Å². The molecule has 1 aliphatic carbocycles. The standard InChI is InChI=1S/C10H17BN2O/c1-13(10(14)6-7-12)9-4-2-8(11)3-5-9/h8-9H,2-6,11H2,1H3. The summed E-state index contributed by atoms with van der Waals surface area (Å²) in [4.78, 5) is 13.2. The molecule has 0 saturated heterocycles. The molecule has 76 valence electrons. The Bertz CT molecular complexity index is 241. The molecule has 1 aliphatic rings. The van der Waals surface area contributed by atoms with Crippen LogP contribution in [-0.4, -0.2) is 31.7 Å². The van der Waals surface area contributed by atoms with Crippen LogP contribution in [0.1, 0.15) is 32.1 Å². The van der Waals surface area contributed by atoms with Gasteiger partial charge in [-0.1, -0.05) is 18.7 Å². The molecule has 3 nitrogen and oxygen atoms in total. The molecule has 0 aromatic heterocycles. The van der Waals surface area contributed by atoms with Gasteiger partial charge in [-0.25, -0.2) is 0 Å². The summed E-state index contributed by atoms with van der Waals surface area (Å²) in [5.74, 6) is 0.762. The Balaban J connectivity index is 2.41. The van der Waals surface area contributed by atoms with Crippen molar-refractivity contribution in [2.45, 2.75) is 44.0 Å². The highest BCUT2D eigenvalue weighted by Crippen LogP contribution is 2.28. The average molecular weight is 192 g/mol. The second-order valence-corrected chi connectivity index (χ2v) is 4.25. The fourth-order valence-corrected chi connectivity index (χ4v) is 2.03. The lowest BCUT2D eigenvalue weighted by Gasteiger charge is -2.33. The zero-order chi connectivity index (χ0) is 10.6. The molecule has 1 amide bonds. The van der Waals surface area contributed by atoms with E-state index in [4.69, 9.17) is 5.26 Å². The average Bonchev–Trinajstić information content (AvgIpc) is 2.18. The van der Waals surface area contributed by atoms with E-state index in [1.54, 1.807) is 4.90 Å². The lowest BCUT2D eigenvalue weighted by atomic mass is 9.74. The van der Waals surface area contributed by atoms with Crippen LogP contribution in [0.5, 0.6) is 0 Å². The Hall–Kier alpha value is -0.975. The van der Waals surface area contributed by atoms with Gasteiger partial charge in [-0.05, 0) is 12.8 Å². The normalized spacial score (nSPS) is 26.6. The minimum absolute atomic E-state index is 0.0164. The number of rotatable bonds is 2. The van der Waals surface area contributed by atoms with Crippen LogP contribution in [-0.2, 0) is 4.79 Å². The van der Waals surface area contributed by atoms with E-state index in [9.17, 15) is 4.79 Å². The number of carbonyl (C=O) groups is 1. The minimum Gasteiger partial charge on any atom is -0.342 e. The molecule has 0 bridgehead atoms. The third-order valence-electron chi connectivity index (χ3n) is 3.16. The monoisotopic (exact) mass is 192 g/mol.